The Bertz CT molecular complexity index is 1080. The highest BCUT2D eigenvalue weighted by atomic mass is 29.6. The van der Waals surface area contributed by atoms with Gasteiger partial charge in [-0.15, -0.1) is 0 Å². The summed E-state index contributed by atoms with van der Waals surface area (Å²) in [5, 5.41) is 9.06. The predicted molar refractivity (Wildman–Crippen MR) is 140 cm³/mol. The number of hydrogen-bond donors (Lipinski definition) is 0. The monoisotopic (exact) mass is 428 g/mol. The van der Waals surface area contributed by atoms with Gasteiger partial charge in [-0.1, -0.05) is 135 Å². The quantitative estimate of drug-likeness (QED) is 0.330. The van der Waals surface area contributed by atoms with E-state index in [-0.39, 0.29) is 0 Å². The second-order valence-corrected chi connectivity index (χ2v) is 37.3. The molecule has 29 heavy (non-hydrogen) atoms. The van der Waals surface area contributed by atoms with Crippen LogP contribution in [0.2, 0.25) is 39.3 Å². The van der Waals surface area contributed by atoms with E-state index in [1.807, 2.05) is 0 Å². The molecular weight excluding hydrogens is 397 g/mol. The molecule has 4 aromatic carbocycles. The van der Waals surface area contributed by atoms with Crippen molar-refractivity contribution >= 4 is 54.2 Å². The smallest absolute Gasteiger partial charge is 0.0725 e. The summed E-state index contributed by atoms with van der Waals surface area (Å²) in [6.45, 7) is 16.0. The highest BCUT2D eigenvalue weighted by molar-refractivity contribution is 7.73. The minimum Gasteiger partial charge on any atom is -0.0725 e. The Balaban J connectivity index is 1.92. The third kappa shape index (κ3) is 3.07. The molecule has 148 valence electrons. The first-order valence-corrected chi connectivity index (χ1v) is 21.6. The minimum atomic E-state index is -1.68. The summed E-state index contributed by atoms with van der Waals surface area (Å²) in [7, 11) is -4.95. The predicted octanol–water partition coefficient (Wildman–Crippen LogP) is 6.39. The lowest BCUT2D eigenvalue weighted by molar-refractivity contribution is 1.71. The summed E-state index contributed by atoms with van der Waals surface area (Å²) in [6.07, 6.45) is 0. The molecule has 0 aliphatic heterocycles. The first kappa shape index (κ1) is 20.3. The summed E-state index contributed by atoms with van der Waals surface area (Å²) in [5.74, 6) is 0. The van der Waals surface area contributed by atoms with Crippen LogP contribution in [0, 0.1) is 0 Å². The van der Waals surface area contributed by atoms with Gasteiger partial charge in [0.15, 0.2) is 0 Å². The van der Waals surface area contributed by atoms with Crippen molar-refractivity contribution in [2.45, 2.75) is 39.3 Å². The van der Waals surface area contributed by atoms with E-state index in [4.69, 9.17) is 0 Å². The highest BCUT2D eigenvalue weighted by Gasteiger charge is 2.54. The summed E-state index contributed by atoms with van der Waals surface area (Å²) >= 11 is 0. The van der Waals surface area contributed by atoms with Gasteiger partial charge in [0.2, 0.25) is 0 Å². The molecule has 0 fully saturated rings. The van der Waals surface area contributed by atoms with Crippen molar-refractivity contribution in [3.05, 3.63) is 84.9 Å². The average molecular weight is 429 g/mol. The van der Waals surface area contributed by atoms with Gasteiger partial charge in [-0.2, -0.15) is 0 Å². The molecule has 3 heteroatoms. The van der Waals surface area contributed by atoms with Gasteiger partial charge < -0.3 is 0 Å². The zero-order valence-electron chi connectivity index (χ0n) is 18.6. The van der Waals surface area contributed by atoms with Crippen molar-refractivity contribution in [1.82, 2.24) is 0 Å². The van der Waals surface area contributed by atoms with Crippen LogP contribution in [0.1, 0.15) is 0 Å². The lowest BCUT2D eigenvalue weighted by Crippen LogP contribution is -2.78. The molecule has 0 bridgehead atoms. The first-order chi connectivity index (χ1) is 13.7. The molecule has 0 saturated heterocycles. The molecule has 0 aromatic heterocycles. The van der Waals surface area contributed by atoms with Crippen LogP contribution >= 0.6 is 0 Å². The number of rotatable bonds is 4. The average Bonchev–Trinajstić information content (AvgIpc) is 2.72. The minimum absolute atomic E-state index is 1.39. The van der Waals surface area contributed by atoms with Crippen molar-refractivity contribution in [3.63, 3.8) is 0 Å². The van der Waals surface area contributed by atoms with Gasteiger partial charge in [0.25, 0.3) is 0 Å². The molecule has 4 rings (SSSR count). The van der Waals surface area contributed by atoms with Crippen LogP contribution < -0.4 is 10.4 Å². The van der Waals surface area contributed by atoms with Crippen molar-refractivity contribution in [2.75, 3.05) is 0 Å². The van der Waals surface area contributed by atoms with Gasteiger partial charge in [0, 0.05) is 7.11 Å². The number of benzene rings is 4. The zero-order chi connectivity index (χ0) is 20.9. The fraction of sp³-hybridized carbons (Fsp3) is 0.231. The second kappa shape index (κ2) is 7.08. The summed E-state index contributed by atoms with van der Waals surface area (Å²) < 4.78 is 0. The maximum absolute atomic E-state index is 2.70. The van der Waals surface area contributed by atoms with Crippen LogP contribution in [-0.2, 0) is 0 Å². The Morgan fingerprint density at radius 1 is 0.414 bits per heavy atom. The SMILES string of the molecule is C[Si](C)(c1cccc2ccccc12)[Si](C)(C)[Si](C)(C)c1cccc2ccccc12. The van der Waals surface area contributed by atoms with Gasteiger partial charge in [0.05, 0.1) is 15.2 Å². The normalized spacial score (nSPS) is 13.2. The third-order valence-corrected chi connectivity index (χ3v) is 49.5. The van der Waals surface area contributed by atoms with E-state index in [2.05, 4.69) is 124 Å². The number of hydrogen-bond acceptors (Lipinski definition) is 0. The van der Waals surface area contributed by atoms with E-state index >= 15 is 0 Å². The van der Waals surface area contributed by atoms with Crippen LogP contribution in [-0.4, -0.2) is 22.3 Å². The fourth-order valence-corrected chi connectivity index (χ4v) is 37.3. The molecule has 0 heterocycles. The van der Waals surface area contributed by atoms with E-state index < -0.39 is 22.3 Å². The molecular formula is C26H32Si3. The molecule has 0 nitrogen and oxygen atoms in total. The van der Waals surface area contributed by atoms with E-state index in [0.29, 0.717) is 0 Å². The van der Waals surface area contributed by atoms with Crippen molar-refractivity contribution < 1.29 is 0 Å². The van der Waals surface area contributed by atoms with Crippen LogP contribution in [0.3, 0.4) is 0 Å². The molecule has 0 spiro atoms. The van der Waals surface area contributed by atoms with Crippen molar-refractivity contribution in [1.29, 1.82) is 0 Å². The molecule has 0 unspecified atom stereocenters. The maximum atomic E-state index is 2.70. The van der Waals surface area contributed by atoms with Gasteiger partial charge in [-0.3, -0.25) is 0 Å². The van der Waals surface area contributed by atoms with E-state index in [0.717, 1.165) is 0 Å². The summed E-state index contributed by atoms with van der Waals surface area (Å²) in [5.41, 5.74) is 0. The summed E-state index contributed by atoms with van der Waals surface area (Å²) in [6, 6.07) is 32.0. The maximum Gasteiger partial charge on any atom is 0.0725 e. The molecule has 0 aliphatic rings. The van der Waals surface area contributed by atoms with Gasteiger partial charge in [0.1, 0.15) is 0 Å². The Morgan fingerprint density at radius 2 is 0.759 bits per heavy atom. The largest absolute Gasteiger partial charge is 0.0725 e. The molecule has 0 radical (unpaired) electrons. The lowest BCUT2D eigenvalue weighted by Gasteiger charge is -2.49. The fourth-order valence-electron chi connectivity index (χ4n) is 5.00. The van der Waals surface area contributed by atoms with E-state index in [1.165, 1.54) is 21.5 Å². The van der Waals surface area contributed by atoms with Gasteiger partial charge >= 0.3 is 0 Å². The topological polar surface area (TPSA) is 0 Å². The first-order valence-electron chi connectivity index (χ1n) is 10.6. The highest BCUT2D eigenvalue weighted by Crippen LogP contribution is 2.32. The standard InChI is InChI=1S/C26H32Si3/c1-27(2,25-19-11-15-21-13-7-9-17-23(21)25)29(5,6)28(3,4)26-20-12-16-22-14-8-10-18-24(22)26/h7-20H,1-6H3. The second-order valence-electron chi connectivity index (χ2n) is 9.93. The van der Waals surface area contributed by atoms with Crippen molar-refractivity contribution in [2.24, 2.45) is 0 Å². The Labute approximate surface area is 178 Å². The Morgan fingerprint density at radius 3 is 1.17 bits per heavy atom. The lowest BCUT2D eigenvalue weighted by atomic mass is 10.1. The molecule has 0 atom stereocenters. The zero-order valence-corrected chi connectivity index (χ0v) is 21.6. The molecule has 0 aliphatic carbocycles. The molecule has 0 N–H and O–H groups in total. The van der Waals surface area contributed by atoms with Crippen molar-refractivity contribution in [3.8, 4) is 0 Å². The molecule has 0 saturated carbocycles. The number of fused-ring (bicyclic) bond motifs is 2. The Hall–Kier alpha value is -1.95. The van der Waals surface area contributed by atoms with Gasteiger partial charge in [-0.25, -0.2) is 0 Å². The van der Waals surface area contributed by atoms with Gasteiger partial charge in [-0.05, 0) is 21.5 Å². The summed E-state index contributed by atoms with van der Waals surface area (Å²) in [4.78, 5) is 0. The van der Waals surface area contributed by atoms with Crippen LogP contribution in [0.4, 0.5) is 0 Å². The Kier molecular flexibility index (Phi) is 4.96. The van der Waals surface area contributed by atoms with E-state index in [9.17, 15) is 0 Å². The van der Waals surface area contributed by atoms with Crippen LogP contribution in [0.5, 0.6) is 0 Å². The molecule has 4 aromatic rings. The molecule has 0 amide bonds. The van der Waals surface area contributed by atoms with E-state index in [1.54, 1.807) is 10.4 Å². The van der Waals surface area contributed by atoms with Crippen LogP contribution in [0.15, 0.2) is 84.9 Å². The van der Waals surface area contributed by atoms with Crippen LogP contribution in [0.25, 0.3) is 21.5 Å². The third-order valence-electron chi connectivity index (χ3n) is 8.05.